The Hall–Kier alpha value is -1.36. The fourth-order valence-corrected chi connectivity index (χ4v) is 1.65. The van der Waals surface area contributed by atoms with Crippen molar-refractivity contribution in [3.8, 4) is 0 Å². The molecule has 0 aromatic carbocycles. The van der Waals surface area contributed by atoms with Gasteiger partial charge < -0.3 is 15.4 Å². The Labute approximate surface area is 128 Å². The Morgan fingerprint density at radius 2 is 1.81 bits per heavy atom. The van der Waals surface area contributed by atoms with Gasteiger partial charge in [-0.15, -0.1) is 0 Å². The number of aromatic nitrogens is 2. The molecule has 0 radical (unpaired) electrons. The van der Waals surface area contributed by atoms with Gasteiger partial charge in [-0.1, -0.05) is 34.6 Å². The minimum atomic E-state index is 0.212. The van der Waals surface area contributed by atoms with Crippen molar-refractivity contribution in [1.29, 1.82) is 0 Å². The van der Waals surface area contributed by atoms with Crippen LogP contribution in [0, 0.1) is 11.3 Å². The highest BCUT2D eigenvalue weighted by molar-refractivity contribution is 5.47. The minimum Gasteiger partial charge on any atom is -0.377 e. The number of rotatable bonds is 9. The van der Waals surface area contributed by atoms with Crippen LogP contribution in [0.2, 0.25) is 0 Å². The Bertz CT molecular complexity index is 432. The first-order valence-electron chi connectivity index (χ1n) is 7.73. The fraction of sp³-hybridized carbons (Fsp3) is 0.750. The molecule has 0 aliphatic carbocycles. The predicted molar refractivity (Wildman–Crippen MR) is 88.6 cm³/mol. The quantitative estimate of drug-likeness (QED) is 0.729. The first-order valence-corrected chi connectivity index (χ1v) is 7.73. The van der Waals surface area contributed by atoms with Crippen LogP contribution < -0.4 is 10.6 Å². The Balaban J connectivity index is 2.82. The van der Waals surface area contributed by atoms with Crippen molar-refractivity contribution in [2.45, 2.75) is 47.6 Å². The second-order valence-corrected chi connectivity index (χ2v) is 6.41. The van der Waals surface area contributed by atoms with E-state index in [2.05, 4.69) is 55.2 Å². The molecule has 0 aliphatic rings. The van der Waals surface area contributed by atoms with Crippen LogP contribution in [0.1, 0.15) is 46.9 Å². The molecule has 21 heavy (non-hydrogen) atoms. The van der Waals surface area contributed by atoms with E-state index in [-0.39, 0.29) is 5.41 Å². The molecule has 1 aromatic rings. The number of hydrogen-bond acceptors (Lipinski definition) is 5. The largest absolute Gasteiger partial charge is 0.377 e. The van der Waals surface area contributed by atoms with Crippen LogP contribution in [0.4, 0.5) is 11.6 Å². The van der Waals surface area contributed by atoms with Crippen molar-refractivity contribution in [2.75, 3.05) is 30.8 Å². The van der Waals surface area contributed by atoms with Crippen molar-refractivity contribution in [3.63, 3.8) is 0 Å². The zero-order chi connectivity index (χ0) is 15.9. The van der Waals surface area contributed by atoms with E-state index in [1.807, 2.05) is 6.07 Å². The normalized spacial score (nSPS) is 11.8. The van der Waals surface area contributed by atoms with Gasteiger partial charge in [0.2, 0.25) is 0 Å². The summed E-state index contributed by atoms with van der Waals surface area (Å²) in [7, 11) is 1.66. The maximum absolute atomic E-state index is 5.15. The molecule has 1 heterocycles. The van der Waals surface area contributed by atoms with E-state index < -0.39 is 0 Å². The molecular weight excluding hydrogens is 264 g/mol. The lowest BCUT2D eigenvalue weighted by atomic mass is 9.81. The summed E-state index contributed by atoms with van der Waals surface area (Å²) in [6, 6.07) is 1.96. The SMILES string of the molecule is CCCNc1cc(NCC(C)(C)C(C)C)nc(COC)n1. The second kappa shape index (κ2) is 8.17. The number of nitrogens with zero attached hydrogens (tertiary/aromatic N) is 2. The molecule has 5 nitrogen and oxygen atoms in total. The van der Waals surface area contributed by atoms with Gasteiger partial charge in [0.25, 0.3) is 0 Å². The van der Waals surface area contributed by atoms with Crippen molar-refractivity contribution < 1.29 is 4.74 Å². The van der Waals surface area contributed by atoms with Crippen molar-refractivity contribution in [3.05, 3.63) is 11.9 Å². The van der Waals surface area contributed by atoms with E-state index in [9.17, 15) is 0 Å². The molecular formula is C16H30N4O. The summed E-state index contributed by atoms with van der Waals surface area (Å²) in [6.45, 7) is 13.3. The molecule has 0 unspecified atom stereocenters. The molecule has 0 aliphatic heterocycles. The molecule has 0 fully saturated rings. The van der Waals surface area contributed by atoms with Gasteiger partial charge >= 0.3 is 0 Å². The first kappa shape index (κ1) is 17.7. The van der Waals surface area contributed by atoms with Gasteiger partial charge in [0.05, 0.1) is 0 Å². The molecule has 1 aromatic heterocycles. The van der Waals surface area contributed by atoms with Crippen molar-refractivity contribution in [2.24, 2.45) is 11.3 Å². The zero-order valence-corrected chi connectivity index (χ0v) is 14.3. The third-order valence-electron chi connectivity index (χ3n) is 3.89. The van der Waals surface area contributed by atoms with E-state index in [4.69, 9.17) is 4.74 Å². The summed E-state index contributed by atoms with van der Waals surface area (Å²) in [4.78, 5) is 8.96. The van der Waals surface area contributed by atoms with E-state index >= 15 is 0 Å². The smallest absolute Gasteiger partial charge is 0.158 e. The molecule has 0 amide bonds. The minimum absolute atomic E-state index is 0.212. The van der Waals surface area contributed by atoms with Crippen molar-refractivity contribution in [1.82, 2.24) is 9.97 Å². The summed E-state index contributed by atoms with van der Waals surface area (Å²) in [5.41, 5.74) is 0.212. The van der Waals surface area contributed by atoms with Crippen LogP contribution in [0.5, 0.6) is 0 Å². The Morgan fingerprint density at radius 1 is 1.19 bits per heavy atom. The standard InChI is InChI=1S/C16H30N4O/c1-7-8-17-13-9-14(20-15(19-13)10-21-6)18-11-16(4,5)12(2)3/h9,12H,7-8,10-11H2,1-6H3,(H2,17,18,19,20). The monoisotopic (exact) mass is 294 g/mol. The lowest BCUT2D eigenvalue weighted by Gasteiger charge is -2.29. The average Bonchev–Trinajstić information content (AvgIpc) is 2.43. The summed E-state index contributed by atoms with van der Waals surface area (Å²) >= 11 is 0. The lowest BCUT2D eigenvalue weighted by Crippen LogP contribution is -2.29. The highest BCUT2D eigenvalue weighted by Crippen LogP contribution is 2.26. The molecule has 0 saturated carbocycles. The molecule has 0 bridgehead atoms. The molecule has 0 atom stereocenters. The Morgan fingerprint density at radius 3 is 2.33 bits per heavy atom. The van der Waals surface area contributed by atoms with Crippen LogP contribution in [-0.2, 0) is 11.3 Å². The van der Waals surface area contributed by atoms with E-state index in [0.29, 0.717) is 18.3 Å². The number of ether oxygens (including phenoxy) is 1. The molecule has 5 heteroatoms. The third kappa shape index (κ3) is 5.87. The number of hydrogen-bond donors (Lipinski definition) is 2. The number of nitrogens with one attached hydrogen (secondary N) is 2. The summed E-state index contributed by atoms with van der Waals surface area (Å²) in [6.07, 6.45) is 1.06. The second-order valence-electron chi connectivity index (χ2n) is 6.41. The van der Waals surface area contributed by atoms with Crippen LogP contribution in [0.3, 0.4) is 0 Å². The topological polar surface area (TPSA) is 59.1 Å². The molecule has 0 spiro atoms. The van der Waals surface area contributed by atoms with Crippen molar-refractivity contribution >= 4 is 11.6 Å². The van der Waals surface area contributed by atoms with Gasteiger partial charge in [-0.2, -0.15) is 0 Å². The van der Waals surface area contributed by atoms with E-state index in [1.165, 1.54) is 0 Å². The molecule has 120 valence electrons. The maximum Gasteiger partial charge on any atom is 0.158 e. The van der Waals surface area contributed by atoms with Gasteiger partial charge in [-0.05, 0) is 17.8 Å². The highest BCUT2D eigenvalue weighted by atomic mass is 16.5. The highest BCUT2D eigenvalue weighted by Gasteiger charge is 2.22. The summed E-state index contributed by atoms with van der Waals surface area (Å²) < 4.78 is 5.15. The third-order valence-corrected chi connectivity index (χ3v) is 3.89. The number of methoxy groups -OCH3 is 1. The van der Waals surface area contributed by atoms with Crippen LogP contribution >= 0.6 is 0 Å². The van der Waals surface area contributed by atoms with Gasteiger partial charge in [0.15, 0.2) is 5.82 Å². The zero-order valence-electron chi connectivity index (χ0n) is 14.3. The number of anilines is 2. The summed E-state index contributed by atoms with van der Waals surface area (Å²) in [5.74, 6) is 3.00. The van der Waals surface area contributed by atoms with Crippen LogP contribution in [0.15, 0.2) is 6.07 Å². The molecule has 0 saturated heterocycles. The fourth-order valence-electron chi connectivity index (χ4n) is 1.65. The average molecular weight is 294 g/mol. The molecule has 2 N–H and O–H groups in total. The van der Waals surface area contributed by atoms with Gasteiger partial charge in [-0.25, -0.2) is 9.97 Å². The van der Waals surface area contributed by atoms with Gasteiger partial charge in [0.1, 0.15) is 18.2 Å². The van der Waals surface area contributed by atoms with Gasteiger partial charge in [-0.3, -0.25) is 0 Å². The maximum atomic E-state index is 5.15. The van der Waals surface area contributed by atoms with Gasteiger partial charge in [0, 0.05) is 26.3 Å². The van der Waals surface area contributed by atoms with Crippen LogP contribution in [0.25, 0.3) is 0 Å². The lowest BCUT2D eigenvalue weighted by molar-refractivity contribution is 0.178. The van der Waals surface area contributed by atoms with E-state index in [1.54, 1.807) is 7.11 Å². The predicted octanol–water partition coefficient (Wildman–Crippen LogP) is 3.54. The Kier molecular flexibility index (Phi) is 6.89. The summed E-state index contributed by atoms with van der Waals surface area (Å²) in [5, 5.41) is 6.74. The van der Waals surface area contributed by atoms with Crippen LogP contribution in [-0.4, -0.2) is 30.2 Å². The van der Waals surface area contributed by atoms with E-state index in [0.717, 1.165) is 31.1 Å². The first-order chi connectivity index (χ1) is 9.89. The molecule has 1 rings (SSSR count).